The van der Waals surface area contributed by atoms with E-state index in [2.05, 4.69) is 25.0 Å². The normalized spacial score (nSPS) is 11.6. The smallest absolute Gasteiger partial charge is 0.262 e. The number of anilines is 1. The lowest BCUT2D eigenvalue weighted by Crippen LogP contribution is -2.16. The Labute approximate surface area is 229 Å². The van der Waals surface area contributed by atoms with Gasteiger partial charge in [-0.2, -0.15) is 5.10 Å². The van der Waals surface area contributed by atoms with Crippen LogP contribution in [0.3, 0.4) is 0 Å². The van der Waals surface area contributed by atoms with Gasteiger partial charge in [0.05, 0.1) is 28.5 Å². The van der Waals surface area contributed by atoms with Crippen molar-refractivity contribution in [2.45, 2.75) is 4.90 Å². The number of benzene rings is 2. The first kappa shape index (κ1) is 25.9. The maximum Gasteiger partial charge on any atom is 0.262 e. The fourth-order valence-corrected chi connectivity index (χ4v) is 5.26. The topological polar surface area (TPSA) is 136 Å². The molecular formula is C27H16F3N7O3S. The fraction of sp³-hybridized carbons (Fsp3) is 0. The van der Waals surface area contributed by atoms with Crippen LogP contribution in [0.1, 0.15) is 15.9 Å². The Morgan fingerprint density at radius 1 is 0.951 bits per heavy atom. The van der Waals surface area contributed by atoms with Gasteiger partial charge in [-0.25, -0.2) is 36.2 Å². The molecule has 6 aromatic rings. The number of aromatic amines is 1. The largest absolute Gasteiger partial charge is 0.345 e. The summed E-state index contributed by atoms with van der Waals surface area (Å²) in [5, 5.41) is 4.53. The summed E-state index contributed by atoms with van der Waals surface area (Å²) in [5.41, 5.74) is -0.310. The summed E-state index contributed by atoms with van der Waals surface area (Å²) in [6.07, 6.45) is 10.6. The van der Waals surface area contributed by atoms with E-state index >= 15 is 4.39 Å². The Balaban J connectivity index is 1.36. The van der Waals surface area contributed by atoms with Gasteiger partial charge < -0.3 is 4.98 Å². The van der Waals surface area contributed by atoms with Gasteiger partial charge in [0.2, 0.25) is 5.78 Å². The van der Waals surface area contributed by atoms with Crippen LogP contribution in [-0.4, -0.2) is 43.9 Å². The van der Waals surface area contributed by atoms with Gasteiger partial charge in [0.15, 0.2) is 11.6 Å². The van der Waals surface area contributed by atoms with Crippen LogP contribution in [0.15, 0.2) is 90.7 Å². The van der Waals surface area contributed by atoms with Crippen LogP contribution in [0.25, 0.3) is 28.0 Å². The average molecular weight is 576 g/mol. The van der Waals surface area contributed by atoms with Gasteiger partial charge in [-0.15, -0.1) is 0 Å². The number of pyridine rings is 1. The van der Waals surface area contributed by atoms with Crippen LogP contribution in [0.5, 0.6) is 0 Å². The fourth-order valence-electron chi connectivity index (χ4n) is 4.17. The highest BCUT2D eigenvalue weighted by Gasteiger charge is 2.27. The SMILES string of the molecule is O=C(c1c(F)ccc(NS(=O)(=O)c2cccc(F)c2)c1F)c1c[nH]c2ncc(-c3cnn(-c4cnccn4)c3)cc12. The van der Waals surface area contributed by atoms with E-state index in [1.54, 1.807) is 18.5 Å². The summed E-state index contributed by atoms with van der Waals surface area (Å²) in [6.45, 7) is 0. The highest BCUT2D eigenvalue weighted by Crippen LogP contribution is 2.30. The van der Waals surface area contributed by atoms with Crippen molar-refractivity contribution in [3.63, 3.8) is 0 Å². The maximum atomic E-state index is 15.5. The van der Waals surface area contributed by atoms with Crippen LogP contribution < -0.4 is 4.72 Å². The molecule has 4 aromatic heterocycles. The third-order valence-electron chi connectivity index (χ3n) is 6.14. The molecule has 204 valence electrons. The predicted octanol–water partition coefficient (Wildman–Crippen LogP) is 4.65. The Hall–Kier alpha value is -5.37. The molecule has 0 aliphatic heterocycles. The molecule has 4 heterocycles. The second-order valence-electron chi connectivity index (χ2n) is 8.74. The number of carbonyl (C=O) groups excluding carboxylic acids is 1. The first-order valence-electron chi connectivity index (χ1n) is 11.8. The molecule has 0 fully saturated rings. The number of H-pyrrole nitrogens is 1. The number of sulfonamides is 1. The van der Waals surface area contributed by atoms with E-state index in [1.165, 1.54) is 41.7 Å². The molecule has 6 rings (SSSR count). The lowest BCUT2D eigenvalue weighted by atomic mass is 10.0. The maximum absolute atomic E-state index is 15.5. The van der Waals surface area contributed by atoms with E-state index in [-0.39, 0.29) is 16.6 Å². The van der Waals surface area contributed by atoms with Gasteiger partial charge in [-0.05, 0) is 36.4 Å². The molecule has 2 aromatic carbocycles. The Bertz CT molecular complexity index is 2060. The second-order valence-corrected chi connectivity index (χ2v) is 10.4. The van der Waals surface area contributed by atoms with Crippen molar-refractivity contribution in [1.29, 1.82) is 0 Å². The average Bonchev–Trinajstić information content (AvgIpc) is 3.63. The van der Waals surface area contributed by atoms with Crippen molar-refractivity contribution in [2.24, 2.45) is 0 Å². The monoisotopic (exact) mass is 575 g/mol. The summed E-state index contributed by atoms with van der Waals surface area (Å²) in [5.74, 6) is -4.03. The molecule has 0 amide bonds. The zero-order valence-electron chi connectivity index (χ0n) is 20.6. The molecule has 0 unspecified atom stereocenters. The number of carbonyl (C=O) groups is 1. The van der Waals surface area contributed by atoms with E-state index in [4.69, 9.17) is 0 Å². The first-order chi connectivity index (χ1) is 19.7. The molecule has 41 heavy (non-hydrogen) atoms. The molecule has 10 nitrogen and oxygen atoms in total. The summed E-state index contributed by atoms with van der Waals surface area (Å²) in [6, 6.07) is 7.26. The van der Waals surface area contributed by atoms with Gasteiger partial charge in [0.1, 0.15) is 17.3 Å². The van der Waals surface area contributed by atoms with Crippen molar-refractivity contribution in [1.82, 2.24) is 29.7 Å². The molecule has 0 aliphatic carbocycles. The van der Waals surface area contributed by atoms with Crippen molar-refractivity contribution in [3.8, 4) is 16.9 Å². The minimum Gasteiger partial charge on any atom is -0.345 e. The van der Waals surface area contributed by atoms with Gasteiger partial charge in [0.25, 0.3) is 10.0 Å². The molecule has 0 radical (unpaired) electrons. The van der Waals surface area contributed by atoms with Crippen LogP contribution in [0, 0.1) is 17.5 Å². The zero-order valence-corrected chi connectivity index (χ0v) is 21.4. The van der Waals surface area contributed by atoms with E-state index in [9.17, 15) is 22.0 Å². The van der Waals surface area contributed by atoms with Gasteiger partial charge in [0, 0.05) is 53.1 Å². The third kappa shape index (κ3) is 4.80. The van der Waals surface area contributed by atoms with E-state index in [0.717, 1.165) is 30.3 Å². The highest BCUT2D eigenvalue weighted by atomic mass is 32.2. The molecule has 0 atom stereocenters. The lowest BCUT2D eigenvalue weighted by Gasteiger charge is -2.12. The van der Waals surface area contributed by atoms with Gasteiger partial charge >= 0.3 is 0 Å². The number of nitrogens with zero attached hydrogens (tertiary/aromatic N) is 5. The summed E-state index contributed by atoms with van der Waals surface area (Å²) < 4.78 is 72.7. The number of nitrogens with one attached hydrogen (secondary N) is 2. The Morgan fingerprint density at radius 3 is 2.59 bits per heavy atom. The Kier molecular flexibility index (Phi) is 6.30. The van der Waals surface area contributed by atoms with Crippen LogP contribution in [-0.2, 0) is 10.0 Å². The third-order valence-corrected chi connectivity index (χ3v) is 7.51. The van der Waals surface area contributed by atoms with E-state index in [0.29, 0.717) is 16.9 Å². The van der Waals surface area contributed by atoms with Gasteiger partial charge in [-0.3, -0.25) is 14.5 Å². The first-order valence-corrected chi connectivity index (χ1v) is 13.3. The molecule has 0 aliphatic rings. The summed E-state index contributed by atoms with van der Waals surface area (Å²) in [7, 11) is -4.45. The molecule has 0 saturated carbocycles. The van der Waals surface area contributed by atoms with E-state index in [1.807, 2.05) is 4.72 Å². The van der Waals surface area contributed by atoms with Crippen molar-refractivity contribution < 1.29 is 26.4 Å². The molecule has 2 N–H and O–H groups in total. The lowest BCUT2D eigenvalue weighted by molar-refractivity contribution is 0.103. The molecule has 0 spiro atoms. The number of fused-ring (bicyclic) bond motifs is 1. The van der Waals surface area contributed by atoms with E-state index < -0.39 is 49.4 Å². The van der Waals surface area contributed by atoms with Crippen molar-refractivity contribution in [2.75, 3.05) is 4.72 Å². The molecular weight excluding hydrogens is 559 g/mol. The molecule has 14 heteroatoms. The zero-order chi connectivity index (χ0) is 28.7. The summed E-state index contributed by atoms with van der Waals surface area (Å²) in [4.78, 5) is 28.3. The van der Waals surface area contributed by atoms with Crippen LogP contribution >= 0.6 is 0 Å². The minimum absolute atomic E-state index is 0.0985. The predicted molar refractivity (Wildman–Crippen MR) is 141 cm³/mol. The van der Waals surface area contributed by atoms with Crippen LogP contribution in [0.2, 0.25) is 0 Å². The van der Waals surface area contributed by atoms with Gasteiger partial charge in [-0.1, -0.05) is 6.07 Å². The second kappa shape index (κ2) is 9.98. The number of rotatable bonds is 7. The number of hydrogen-bond donors (Lipinski definition) is 2. The van der Waals surface area contributed by atoms with Crippen LogP contribution in [0.4, 0.5) is 18.9 Å². The molecule has 0 saturated heterocycles. The minimum atomic E-state index is -4.45. The number of aromatic nitrogens is 6. The van der Waals surface area contributed by atoms with Crippen molar-refractivity contribution >= 4 is 32.5 Å². The highest BCUT2D eigenvalue weighted by molar-refractivity contribution is 7.92. The number of hydrogen-bond acceptors (Lipinski definition) is 7. The quantitative estimate of drug-likeness (QED) is 0.265. The molecule has 0 bridgehead atoms. The standard InChI is InChI=1S/C27H16F3N7O3S/c28-17-2-1-3-18(9-17)41(39,40)36-22-5-4-21(29)24(25(22)30)26(38)20-12-34-27-19(20)8-15(10-33-27)16-11-35-37(14-16)23-13-31-6-7-32-23/h1-14,36H,(H,33,34). The number of halogens is 3. The number of ketones is 1. The Morgan fingerprint density at radius 2 is 1.80 bits per heavy atom. The van der Waals surface area contributed by atoms with Crippen molar-refractivity contribution in [3.05, 3.63) is 114 Å². The summed E-state index contributed by atoms with van der Waals surface area (Å²) >= 11 is 0.